The number of fused-ring (bicyclic) bond motifs is 1. The standard InChI is InChI=1S/C15H12BrClFN/c16-14-8-13(4-2-11(14)9-17)19-6-5-10-1-3-12(18)7-15(10)19/h1-4,7-8H,5-6,9H2. The van der Waals surface area contributed by atoms with Gasteiger partial charge in [0.25, 0.3) is 0 Å². The molecular formula is C15H12BrClFN. The fraction of sp³-hybridized carbons (Fsp3) is 0.200. The molecule has 0 aliphatic carbocycles. The molecule has 0 amide bonds. The molecule has 0 fully saturated rings. The van der Waals surface area contributed by atoms with Gasteiger partial charge in [0.1, 0.15) is 5.82 Å². The zero-order chi connectivity index (χ0) is 13.4. The van der Waals surface area contributed by atoms with Crippen molar-refractivity contribution in [3.63, 3.8) is 0 Å². The minimum atomic E-state index is -0.193. The van der Waals surface area contributed by atoms with Crippen LogP contribution in [0.5, 0.6) is 0 Å². The zero-order valence-electron chi connectivity index (χ0n) is 10.2. The maximum Gasteiger partial charge on any atom is 0.125 e. The van der Waals surface area contributed by atoms with Crippen molar-refractivity contribution in [2.45, 2.75) is 12.3 Å². The maximum absolute atomic E-state index is 13.4. The minimum Gasteiger partial charge on any atom is -0.341 e. The summed E-state index contributed by atoms with van der Waals surface area (Å²) in [6.07, 6.45) is 0.949. The Morgan fingerprint density at radius 3 is 2.79 bits per heavy atom. The van der Waals surface area contributed by atoms with Crippen molar-refractivity contribution in [2.24, 2.45) is 0 Å². The van der Waals surface area contributed by atoms with Crippen LogP contribution >= 0.6 is 27.5 Å². The third kappa shape index (κ3) is 2.37. The van der Waals surface area contributed by atoms with Crippen LogP contribution in [0.3, 0.4) is 0 Å². The molecule has 1 aliphatic heterocycles. The van der Waals surface area contributed by atoms with Crippen LogP contribution < -0.4 is 4.90 Å². The quantitative estimate of drug-likeness (QED) is 0.694. The van der Waals surface area contributed by atoms with Gasteiger partial charge in [0, 0.05) is 28.3 Å². The summed E-state index contributed by atoms with van der Waals surface area (Å²) in [6, 6.07) is 11.1. The van der Waals surface area contributed by atoms with E-state index in [1.807, 2.05) is 24.3 Å². The molecule has 98 valence electrons. The van der Waals surface area contributed by atoms with Gasteiger partial charge < -0.3 is 4.90 Å². The van der Waals surface area contributed by atoms with Gasteiger partial charge in [0.05, 0.1) is 0 Å². The van der Waals surface area contributed by atoms with Crippen LogP contribution in [-0.4, -0.2) is 6.54 Å². The summed E-state index contributed by atoms with van der Waals surface area (Å²) in [4.78, 5) is 2.14. The Balaban J connectivity index is 2.01. The lowest BCUT2D eigenvalue weighted by Gasteiger charge is -2.20. The fourth-order valence-electron chi connectivity index (χ4n) is 2.43. The monoisotopic (exact) mass is 339 g/mol. The van der Waals surface area contributed by atoms with E-state index in [0.717, 1.165) is 34.4 Å². The molecule has 0 spiro atoms. The lowest BCUT2D eigenvalue weighted by atomic mass is 10.1. The summed E-state index contributed by atoms with van der Waals surface area (Å²) in [5.74, 6) is 0.286. The first-order valence-corrected chi connectivity index (χ1v) is 7.42. The predicted molar refractivity (Wildman–Crippen MR) is 80.8 cm³/mol. The average molecular weight is 341 g/mol. The second kappa shape index (κ2) is 5.14. The third-order valence-corrected chi connectivity index (χ3v) is 4.46. The molecule has 0 N–H and O–H groups in total. The number of benzene rings is 2. The van der Waals surface area contributed by atoms with Crippen molar-refractivity contribution in [1.82, 2.24) is 0 Å². The number of hydrogen-bond donors (Lipinski definition) is 0. The van der Waals surface area contributed by atoms with Crippen molar-refractivity contribution < 1.29 is 4.39 Å². The van der Waals surface area contributed by atoms with Gasteiger partial charge in [-0.25, -0.2) is 4.39 Å². The molecular weight excluding hydrogens is 329 g/mol. The van der Waals surface area contributed by atoms with Crippen molar-refractivity contribution in [2.75, 3.05) is 11.4 Å². The van der Waals surface area contributed by atoms with E-state index in [4.69, 9.17) is 11.6 Å². The van der Waals surface area contributed by atoms with Crippen LogP contribution in [-0.2, 0) is 12.3 Å². The normalized spacial score (nSPS) is 13.7. The van der Waals surface area contributed by atoms with E-state index >= 15 is 0 Å². The van der Waals surface area contributed by atoms with Gasteiger partial charge in [-0.3, -0.25) is 0 Å². The van der Waals surface area contributed by atoms with Crippen LogP contribution in [0.2, 0.25) is 0 Å². The van der Waals surface area contributed by atoms with E-state index in [0.29, 0.717) is 5.88 Å². The number of hydrogen-bond acceptors (Lipinski definition) is 1. The highest BCUT2D eigenvalue weighted by Gasteiger charge is 2.21. The number of halogens is 3. The number of alkyl halides is 1. The second-order valence-corrected chi connectivity index (χ2v) is 5.71. The van der Waals surface area contributed by atoms with Gasteiger partial charge in [-0.2, -0.15) is 0 Å². The van der Waals surface area contributed by atoms with Gasteiger partial charge in [0.15, 0.2) is 0 Å². The molecule has 2 aromatic carbocycles. The molecule has 0 unspecified atom stereocenters. The van der Waals surface area contributed by atoms with Gasteiger partial charge in [0.2, 0.25) is 0 Å². The molecule has 1 aliphatic rings. The Kier molecular flexibility index (Phi) is 3.50. The maximum atomic E-state index is 13.4. The van der Waals surface area contributed by atoms with Crippen molar-refractivity contribution in [1.29, 1.82) is 0 Å². The Hall–Kier alpha value is -1.06. The summed E-state index contributed by atoms with van der Waals surface area (Å²) in [7, 11) is 0. The summed E-state index contributed by atoms with van der Waals surface area (Å²) >= 11 is 9.38. The Morgan fingerprint density at radius 2 is 2.05 bits per heavy atom. The van der Waals surface area contributed by atoms with Gasteiger partial charge >= 0.3 is 0 Å². The lowest BCUT2D eigenvalue weighted by molar-refractivity contribution is 0.628. The lowest BCUT2D eigenvalue weighted by Crippen LogP contribution is -2.13. The largest absolute Gasteiger partial charge is 0.341 e. The first kappa shape index (κ1) is 12.9. The average Bonchev–Trinajstić information content (AvgIpc) is 2.81. The van der Waals surface area contributed by atoms with Crippen LogP contribution in [0, 0.1) is 5.82 Å². The first-order chi connectivity index (χ1) is 9.19. The number of anilines is 2. The minimum absolute atomic E-state index is 0.193. The third-order valence-electron chi connectivity index (χ3n) is 3.44. The highest BCUT2D eigenvalue weighted by molar-refractivity contribution is 9.10. The molecule has 1 nitrogen and oxygen atoms in total. The van der Waals surface area contributed by atoms with Crippen LogP contribution in [0.25, 0.3) is 0 Å². The Labute approximate surface area is 125 Å². The Bertz CT molecular complexity index is 630. The molecule has 2 aromatic rings. The van der Waals surface area contributed by atoms with E-state index in [2.05, 4.69) is 20.8 Å². The van der Waals surface area contributed by atoms with Crippen LogP contribution in [0.15, 0.2) is 40.9 Å². The zero-order valence-corrected chi connectivity index (χ0v) is 12.5. The smallest absolute Gasteiger partial charge is 0.125 e. The highest BCUT2D eigenvalue weighted by atomic mass is 79.9. The molecule has 0 saturated carbocycles. The van der Waals surface area contributed by atoms with Crippen LogP contribution in [0.4, 0.5) is 15.8 Å². The number of nitrogens with zero attached hydrogens (tertiary/aromatic N) is 1. The first-order valence-electron chi connectivity index (χ1n) is 6.09. The van der Waals surface area contributed by atoms with E-state index in [-0.39, 0.29) is 5.82 Å². The second-order valence-electron chi connectivity index (χ2n) is 4.58. The molecule has 0 radical (unpaired) electrons. The Morgan fingerprint density at radius 1 is 1.21 bits per heavy atom. The van der Waals surface area contributed by atoms with Crippen LogP contribution in [0.1, 0.15) is 11.1 Å². The molecule has 0 aromatic heterocycles. The van der Waals surface area contributed by atoms with Gasteiger partial charge in [-0.1, -0.05) is 28.1 Å². The fourth-order valence-corrected chi connectivity index (χ4v) is 3.33. The van der Waals surface area contributed by atoms with E-state index < -0.39 is 0 Å². The van der Waals surface area contributed by atoms with Crippen molar-refractivity contribution >= 4 is 38.9 Å². The van der Waals surface area contributed by atoms with Crippen molar-refractivity contribution in [3.8, 4) is 0 Å². The SMILES string of the molecule is Fc1ccc2c(c1)N(c1ccc(CCl)c(Br)c1)CC2. The molecule has 3 rings (SSSR count). The summed E-state index contributed by atoms with van der Waals surface area (Å²) in [5.41, 5.74) is 4.28. The molecule has 0 atom stereocenters. The van der Waals surface area contributed by atoms with E-state index in [1.165, 1.54) is 11.6 Å². The summed E-state index contributed by atoms with van der Waals surface area (Å²) < 4.78 is 14.4. The molecule has 19 heavy (non-hydrogen) atoms. The molecule has 4 heteroatoms. The van der Waals surface area contributed by atoms with E-state index in [9.17, 15) is 4.39 Å². The summed E-state index contributed by atoms with van der Waals surface area (Å²) in [5, 5.41) is 0. The molecule has 0 saturated heterocycles. The topological polar surface area (TPSA) is 3.24 Å². The van der Waals surface area contributed by atoms with Gasteiger partial charge in [-0.05, 0) is 41.8 Å². The molecule has 0 bridgehead atoms. The summed E-state index contributed by atoms with van der Waals surface area (Å²) in [6.45, 7) is 0.880. The highest BCUT2D eigenvalue weighted by Crippen LogP contribution is 2.36. The predicted octanol–water partition coefficient (Wildman–Crippen LogP) is 5.02. The number of rotatable bonds is 2. The van der Waals surface area contributed by atoms with Crippen molar-refractivity contribution in [3.05, 3.63) is 57.8 Å². The van der Waals surface area contributed by atoms with E-state index in [1.54, 1.807) is 6.07 Å². The molecule has 1 heterocycles. The van der Waals surface area contributed by atoms with Gasteiger partial charge in [-0.15, -0.1) is 11.6 Å².